The number of nitrogens with one attached hydrogen (secondary N) is 4. The van der Waals surface area contributed by atoms with Crippen molar-refractivity contribution in [3.63, 3.8) is 0 Å². The van der Waals surface area contributed by atoms with E-state index >= 15 is 0 Å². The molecule has 26 nitrogen and oxygen atoms in total. The van der Waals surface area contributed by atoms with Crippen LogP contribution < -0.4 is 21.3 Å². The molecule has 92 heavy (non-hydrogen) atoms. The minimum atomic E-state index is -1.42. The van der Waals surface area contributed by atoms with Crippen LogP contribution >= 0.6 is 0 Å². The van der Waals surface area contributed by atoms with E-state index in [4.69, 9.17) is 28.4 Å². The Labute approximate surface area is 545 Å². The van der Waals surface area contributed by atoms with E-state index < -0.39 is 129 Å². The highest BCUT2D eigenvalue weighted by atomic mass is 16.7. The Hall–Kier alpha value is -3.71. The second-order valence-corrected chi connectivity index (χ2v) is 25.7. The molecule has 3 heterocycles. The van der Waals surface area contributed by atoms with Crippen molar-refractivity contribution >= 4 is 41.0 Å². The van der Waals surface area contributed by atoms with Crippen LogP contribution in [0, 0.1) is 5.92 Å². The third kappa shape index (κ3) is 31.9. The molecule has 13 N–H and O–H groups in total. The average Bonchev–Trinajstić information content (AvgIpc) is 0.874. The molecule has 3 fully saturated rings. The second-order valence-electron chi connectivity index (χ2n) is 25.7. The Kier molecular flexibility index (Phi) is 42.4. The number of unbranched alkanes of at least 4 members (excludes halogenated alkanes) is 16. The van der Waals surface area contributed by atoms with Gasteiger partial charge in [0.1, 0.15) is 78.3 Å². The number of ketones is 3. The molecule has 0 saturated carbocycles. The van der Waals surface area contributed by atoms with Gasteiger partial charge in [0.2, 0.25) is 23.6 Å². The zero-order valence-electron chi connectivity index (χ0n) is 55.6. The molecule has 0 aromatic heterocycles. The van der Waals surface area contributed by atoms with Gasteiger partial charge in [0.15, 0.2) is 18.9 Å². The highest BCUT2D eigenvalue weighted by molar-refractivity contribution is 5.82. The van der Waals surface area contributed by atoms with Crippen molar-refractivity contribution in [2.75, 3.05) is 46.2 Å². The number of carbonyl (C=O) groups is 7. The average molecular weight is 1320 g/mol. The van der Waals surface area contributed by atoms with Crippen molar-refractivity contribution in [2.24, 2.45) is 5.92 Å². The number of Topliss-reactive ketones (excluding diaryl/α,β-unsaturated/α-hetero) is 3. The Balaban J connectivity index is 1.63. The number of aliphatic hydroxyl groups excluding tert-OH is 9. The minimum absolute atomic E-state index is 0.0106. The summed E-state index contributed by atoms with van der Waals surface area (Å²) in [7, 11) is 0. The summed E-state index contributed by atoms with van der Waals surface area (Å²) in [5, 5.41) is 102. The number of carbonyl (C=O) groups excluding carboxylic acids is 7. The van der Waals surface area contributed by atoms with Gasteiger partial charge in [-0.15, -0.1) is 0 Å². The maximum atomic E-state index is 14.0. The van der Waals surface area contributed by atoms with Crippen molar-refractivity contribution in [3.05, 3.63) is 0 Å². The second kappa shape index (κ2) is 47.2. The third-order valence-corrected chi connectivity index (χ3v) is 17.8. The van der Waals surface area contributed by atoms with Crippen LogP contribution in [0.25, 0.3) is 0 Å². The molecular formula is C66H118N4O22. The number of aliphatic hydroxyl groups is 9. The molecule has 3 aliphatic rings. The lowest BCUT2D eigenvalue weighted by atomic mass is 9.80. The Morgan fingerprint density at radius 2 is 0.750 bits per heavy atom. The number of hydrogen-bond donors (Lipinski definition) is 13. The van der Waals surface area contributed by atoms with E-state index in [-0.39, 0.29) is 113 Å². The predicted octanol–water partition coefficient (Wildman–Crippen LogP) is 3.18. The van der Waals surface area contributed by atoms with Crippen LogP contribution in [-0.4, -0.2) is 225 Å². The van der Waals surface area contributed by atoms with E-state index in [0.717, 1.165) is 89.9 Å². The first-order chi connectivity index (χ1) is 44.1. The summed E-state index contributed by atoms with van der Waals surface area (Å²) < 4.78 is 34.5. The molecule has 26 heteroatoms. The van der Waals surface area contributed by atoms with Gasteiger partial charge in [-0.05, 0) is 70.6 Å². The molecule has 3 saturated heterocycles. The van der Waals surface area contributed by atoms with Crippen molar-refractivity contribution < 1.29 is 108 Å². The highest BCUT2D eigenvalue weighted by Gasteiger charge is 2.47. The van der Waals surface area contributed by atoms with Crippen LogP contribution in [0.5, 0.6) is 0 Å². The smallest absolute Gasteiger partial charge is 0.220 e. The fourth-order valence-electron chi connectivity index (χ4n) is 12.0. The Morgan fingerprint density at radius 3 is 1.15 bits per heavy atom. The lowest BCUT2D eigenvalue weighted by Gasteiger charge is -2.42. The molecule has 0 spiro atoms. The number of ether oxygens (including phenoxy) is 6. The number of rotatable bonds is 52. The Bertz CT molecular complexity index is 2010. The zero-order valence-corrected chi connectivity index (χ0v) is 55.6. The summed E-state index contributed by atoms with van der Waals surface area (Å²) in [6.45, 7) is 6.13. The quantitative estimate of drug-likeness (QED) is 0.0389. The first kappa shape index (κ1) is 82.5. The molecule has 534 valence electrons. The molecule has 0 radical (unpaired) electrons. The maximum absolute atomic E-state index is 14.0. The Morgan fingerprint density at radius 1 is 0.402 bits per heavy atom. The summed E-state index contributed by atoms with van der Waals surface area (Å²) in [5.41, 5.74) is -1.08. The van der Waals surface area contributed by atoms with E-state index in [2.05, 4.69) is 28.2 Å². The van der Waals surface area contributed by atoms with Crippen LogP contribution in [0.15, 0.2) is 0 Å². The lowest BCUT2D eigenvalue weighted by Crippen LogP contribution is -2.64. The van der Waals surface area contributed by atoms with Crippen molar-refractivity contribution in [1.82, 2.24) is 21.3 Å². The third-order valence-electron chi connectivity index (χ3n) is 17.8. The monoisotopic (exact) mass is 1320 g/mol. The predicted molar refractivity (Wildman–Crippen MR) is 338 cm³/mol. The molecule has 3 rings (SSSR count). The van der Waals surface area contributed by atoms with Crippen LogP contribution in [-0.2, 0) is 62.0 Å². The lowest BCUT2D eigenvalue weighted by molar-refractivity contribution is -0.282. The van der Waals surface area contributed by atoms with E-state index in [1.54, 1.807) is 6.92 Å². The summed E-state index contributed by atoms with van der Waals surface area (Å²) in [6.07, 6.45) is 3.95. The summed E-state index contributed by atoms with van der Waals surface area (Å²) in [4.78, 5) is 91.6. The van der Waals surface area contributed by atoms with Gasteiger partial charge in [-0.2, -0.15) is 0 Å². The summed E-state index contributed by atoms with van der Waals surface area (Å²) in [6, 6.07) is -2.08. The van der Waals surface area contributed by atoms with E-state index in [1.807, 2.05) is 0 Å². The first-order valence-corrected chi connectivity index (χ1v) is 34.5. The normalized spacial score (nSPS) is 27.2. The van der Waals surface area contributed by atoms with Crippen molar-refractivity contribution in [3.8, 4) is 0 Å². The van der Waals surface area contributed by atoms with Gasteiger partial charge in [-0.3, -0.25) is 33.6 Å². The molecule has 15 unspecified atom stereocenters. The van der Waals surface area contributed by atoms with E-state index in [9.17, 15) is 79.5 Å². The minimum Gasteiger partial charge on any atom is -0.394 e. The van der Waals surface area contributed by atoms with E-state index in [1.165, 1.54) is 13.8 Å². The van der Waals surface area contributed by atoms with Crippen LogP contribution in [0.1, 0.15) is 233 Å². The fourth-order valence-corrected chi connectivity index (χ4v) is 12.0. The van der Waals surface area contributed by atoms with Crippen LogP contribution in [0.2, 0.25) is 0 Å². The van der Waals surface area contributed by atoms with Crippen LogP contribution in [0.3, 0.4) is 0 Å². The topological polar surface area (TPSA) is 405 Å². The largest absolute Gasteiger partial charge is 0.394 e. The first-order valence-electron chi connectivity index (χ1n) is 34.5. The van der Waals surface area contributed by atoms with Gasteiger partial charge in [-0.25, -0.2) is 0 Å². The standard InChI is InChI=1S/C66H118N4O22/c1-5-6-7-14-21-37-67-53(79)29-25-30-54(80)70-66(34-31-47(76)26-18-11-8-15-22-38-87-63-44(2)57(81)58(82)50(41-71)90-63,35-32-48(77)27-19-12-9-16-23-39-88-64-55(68-45(3)74)61(85)59(83)51(42-72)91-64)36-33-49(78)28-20-13-10-17-24-40-89-65-56(69-46(4)75)62(86)60(84)52(43-73)92-65/h44,50-52,55-65,71-73,81-86H,5-43H2,1-4H3,(H,67,79)(H,68,74)(H,69,75)(H,70,80). The molecule has 3 aliphatic heterocycles. The summed E-state index contributed by atoms with van der Waals surface area (Å²) >= 11 is 0. The number of hydrogen-bond acceptors (Lipinski definition) is 22. The molecule has 0 bridgehead atoms. The van der Waals surface area contributed by atoms with Gasteiger partial charge in [0.05, 0.1) is 25.9 Å². The summed E-state index contributed by atoms with van der Waals surface area (Å²) in [5.74, 6) is -1.94. The SMILES string of the molecule is CCCCCCCNC(=O)CCCC(=O)NC(CCC(=O)CCCCCCCOC1OC(CO)C(O)C(O)C1C)(CCC(=O)CCCCCCCOC1OC(CO)C(O)C(O)C1NC(C)=O)CCC(=O)CCCCCCCOC1OC(CO)C(O)C(O)C1NC(C)=O. The van der Waals surface area contributed by atoms with Crippen LogP contribution in [0.4, 0.5) is 0 Å². The zero-order chi connectivity index (χ0) is 67.8. The fraction of sp³-hybridized carbons (Fsp3) is 0.894. The van der Waals surface area contributed by atoms with E-state index in [0.29, 0.717) is 58.1 Å². The molecule has 15 atom stereocenters. The van der Waals surface area contributed by atoms with Gasteiger partial charge in [0.25, 0.3) is 0 Å². The van der Waals surface area contributed by atoms with Gasteiger partial charge in [-0.1, -0.05) is 97.3 Å². The molecular weight excluding hydrogens is 1200 g/mol. The van der Waals surface area contributed by atoms with Crippen molar-refractivity contribution in [1.29, 1.82) is 0 Å². The number of amides is 4. The molecule has 0 aromatic rings. The molecule has 4 amide bonds. The van der Waals surface area contributed by atoms with Crippen molar-refractivity contribution in [2.45, 2.75) is 325 Å². The highest BCUT2D eigenvalue weighted by Crippen LogP contribution is 2.31. The molecule has 0 aliphatic carbocycles. The van der Waals surface area contributed by atoms with Gasteiger partial charge < -0.3 is 95.6 Å². The molecule has 0 aromatic carbocycles. The van der Waals surface area contributed by atoms with Gasteiger partial charge in [0, 0.05) is 103 Å². The van der Waals surface area contributed by atoms with Gasteiger partial charge >= 0.3 is 0 Å². The maximum Gasteiger partial charge on any atom is 0.220 e.